The van der Waals surface area contributed by atoms with Crippen LogP contribution in [0.1, 0.15) is 56.6 Å². The van der Waals surface area contributed by atoms with Gasteiger partial charge in [0, 0.05) is 25.1 Å². The van der Waals surface area contributed by atoms with Gasteiger partial charge in [-0.1, -0.05) is 75.2 Å². The maximum atomic E-state index is 12.6. The first-order valence-electron chi connectivity index (χ1n) is 13.4. The standard InChI is InChI=1S/C29H32N8O2/c1-3-5-11-26-30-18-22(17-25-28(38)31-29(39)36(25)16-6-4-2)37(26)19-20-12-14-21(15-13-20)23-9-7-8-10-24(23)27-32-34-35-33-27/h7-10,12-15,17-18H,3-6,11,16,19H2,1-2H3,(H,31,38,39)(H,32,33,34,35)/b25-17-. The highest BCUT2D eigenvalue weighted by Gasteiger charge is 2.32. The summed E-state index contributed by atoms with van der Waals surface area (Å²) in [6.45, 7) is 5.31. The van der Waals surface area contributed by atoms with E-state index in [1.807, 2.05) is 24.3 Å². The minimum atomic E-state index is -0.372. The van der Waals surface area contributed by atoms with Crippen LogP contribution in [0.2, 0.25) is 0 Å². The molecule has 10 nitrogen and oxygen atoms in total. The van der Waals surface area contributed by atoms with E-state index in [-0.39, 0.29) is 11.9 Å². The van der Waals surface area contributed by atoms with Crippen LogP contribution in [0.5, 0.6) is 0 Å². The maximum absolute atomic E-state index is 12.6. The Kier molecular flexibility index (Phi) is 7.91. The number of aryl methyl sites for hydroxylation is 1. The normalized spacial score (nSPS) is 14.4. The molecule has 4 aromatic rings. The Bertz CT molecular complexity index is 1470. The summed E-state index contributed by atoms with van der Waals surface area (Å²) in [5.74, 6) is 1.14. The molecule has 39 heavy (non-hydrogen) atoms. The zero-order chi connectivity index (χ0) is 27.2. The van der Waals surface area contributed by atoms with Gasteiger partial charge in [0.2, 0.25) is 5.82 Å². The fourth-order valence-corrected chi connectivity index (χ4v) is 4.72. The summed E-state index contributed by atoms with van der Waals surface area (Å²) in [7, 11) is 0. The Labute approximate surface area is 227 Å². The number of nitrogens with one attached hydrogen (secondary N) is 2. The molecule has 200 valence electrons. The Morgan fingerprint density at radius 3 is 2.44 bits per heavy atom. The van der Waals surface area contributed by atoms with Crippen LogP contribution in [0.3, 0.4) is 0 Å². The van der Waals surface area contributed by atoms with E-state index in [1.165, 1.54) is 4.90 Å². The number of rotatable bonds is 11. The lowest BCUT2D eigenvalue weighted by Crippen LogP contribution is -2.28. The second-order valence-corrected chi connectivity index (χ2v) is 9.56. The number of benzene rings is 2. The molecule has 0 saturated carbocycles. The summed E-state index contributed by atoms with van der Waals surface area (Å²) in [5.41, 5.74) is 5.23. The van der Waals surface area contributed by atoms with Crippen molar-refractivity contribution in [2.75, 3.05) is 6.54 Å². The number of hydrogen-bond donors (Lipinski definition) is 2. The van der Waals surface area contributed by atoms with Crippen molar-refractivity contribution >= 4 is 18.0 Å². The zero-order valence-electron chi connectivity index (χ0n) is 22.2. The van der Waals surface area contributed by atoms with E-state index in [0.29, 0.717) is 24.6 Å². The molecule has 1 saturated heterocycles. The SMILES string of the molecule is CCCCc1ncc(/C=C2/C(=O)NC(=O)N2CCCC)n1Cc1ccc(-c2ccccc2-c2nn[nH]n2)cc1. The molecule has 5 rings (SSSR count). The van der Waals surface area contributed by atoms with Gasteiger partial charge in [0.05, 0.1) is 11.9 Å². The highest BCUT2D eigenvalue weighted by molar-refractivity contribution is 6.13. The summed E-state index contributed by atoms with van der Waals surface area (Å²) in [6, 6.07) is 16.0. The molecule has 0 bridgehead atoms. The number of carbonyl (C=O) groups excluding carboxylic acids is 2. The van der Waals surface area contributed by atoms with Crippen molar-refractivity contribution < 1.29 is 9.59 Å². The molecule has 2 aromatic carbocycles. The minimum absolute atomic E-state index is 0.366. The van der Waals surface area contributed by atoms with Gasteiger partial charge in [0.1, 0.15) is 11.5 Å². The molecule has 1 fully saturated rings. The van der Waals surface area contributed by atoms with Crippen LogP contribution in [0.15, 0.2) is 60.4 Å². The van der Waals surface area contributed by atoms with Gasteiger partial charge in [-0.05, 0) is 40.8 Å². The summed E-state index contributed by atoms with van der Waals surface area (Å²) >= 11 is 0. The molecule has 3 amide bonds. The van der Waals surface area contributed by atoms with Crippen molar-refractivity contribution in [1.82, 2.24) is 40.4 Å². The summed E-state index contributed by atoms with van der Waals surface area (Å²) < 4.78 is 2.14. The molecule has 1 aliphatic heterocycles. The zero-order valence-corrected chi connectivity index (χ0v) is 22.2. The van der Waals surface area contributed by atoms with Crippen molar-refractivity contribution in [2.45, 2.75) is 52.5 Å². The van der Waals surface area contributed by atoms with E-state index in [9.17, 15) is 9.59 Å². The van der Waals surface area contributed by atoms with Gasteiger partial charge in [-0.25, -0.2) is 9.78 Å². The van der Waals surface area contributed by atoms with E-state index in [4.69, 9.17) is 0 Å². The van der Waals surface area contributed by atoms with E-state index in [1.54, 1.807) is 12.3 Å². The number of hydrogen-bond acceptors (Lipinski definition) is 6. The Morgan fingerprint density at radius 1 is 0.949 bits per heavy atom. The summed E-state index contributed by atoms with van der Waals surface area (Å²) in [6.07, 6.45) is 8.23. The van der Waals surface area contributed by atoms with Gasteiger partial charge in [-0.15, -0.1) is 10.2 Å². The first-order valence-corrected chi connectivity index (χ1v) is 13.4. The number of unbranched alkanes of at least 4 members (excludes halogenated alkanes) is 2. The van der Waals surface area contributed by atoms with E-state index < -0.39 is 0 Å². The maximum Gasteiger partial charge on any atom is 0.329 e. The van der Waals surface area contributed by atoms with E-state index in [2.05, 4.69) is 73.6 Å². The number of nitrogens with zero attached hydrogens (tertiary/aromatic N) is 6. The third-order valence-electron chi connectivity index (χ3n) is 6.85. The highest BCUT2D eigenvalue weighted by Crippen LogP contribution is 2.30. The van der Waals surface area contributed by atoms with Gasteiger partial charge in [-0.2, -0.15) is 5.21 Å². The molecule has 3 heterocycles. The van der Waals surface area contributed by atoms with Gasteiger partial charge in [0.25, 0.3) is 5.91 Å². The monoisotopic (exact) mass is 524 g/mol. The second kappa shape index (κ2) is 11.8. The van der Waals surface area contributed by atoms with Crippen LogP contribution in [-0.2, 0) is 17.8 Å². The smallest absolute Gasteiger partial charge is 0.324 e. The number of urea groups is 1. The number of aromatic amines is 1. The van der Waals surface area contributed by atoms with Gasteiger partial charge < -0.3 is 4.57 Å². The topological polar surface area (TPSA) is 122 Å². The fraction of sp³-hybridized carbons (Fsp3) is 0.310. The Morgan fingerprint density at radius 2 is 1.72 bits per heavy atom. The van der Waals surface area contributed by atoms with Crippen molar-refractivity contribution in [3.05, 3.63) is 77.5 Å². The second-order valence-electron chi connectivity index (χ2n) is 9.56. The molecular formula is C29H32N8O2. The molecule has 0 aliphatic carbocycles. The van der Waals surface area contributed by atoms with Crippen LogP contribution >= 0.6 is 0 Å². The first-order chi connectivity index (χ1) is 19.1. The average molecular weight is 525 g/mol. The van der Waals surface area contributed by atoms with Crippen molar-refractivity contribution in [3.63, 3.8) is 0 Å². The van der Waals surface area contributed by atoms with Crippen LogP contribution in [0, 0.1) is 0 Å². The summed E-state index contributed by atoms with van der Waals surface area (Å²) in [5, 5.41) is 16.9. The molecule has 2 aromatic heterocycles. The van der Waals surface area contributed by atoms with E-state index in [0.717, 1.165) is 65.9 Å². The highest BCUT2D eigenvalue weighted by atomic mass is 16.2. The van der Waals surface area contributed by atoms with Crippen LogP contribution in [0.25, 0.3) is 28.6 Å². The quantitative estimate of drug-likeness (QED) is 0.214. The molecule has 1 aliphatic rings. The number of amides is 3. The molecule has 0 radical (unpaired) electrons. The van der Waals surface area contributed by atoms with Gasteiger partial charge >= 0.3 is 6.03 Å². The largest absolute Gasteiger partial charge is 0.329 e. The van der Waals surface area contributed by atoms with Crippen molar-refractivity contribution in [1.29, 1.82) is 0 Å². The van der Waals surface area contributed by atoms with Gasteiger partial charge in [0.15, 0.2) is 0 Å². The van der Waals surface area contributed by atoms with Gasteiger partial charge in [-0.3, -0.25) is 15.0 Å². The molecule has 0 unspecified atom stereocenters. The minimum Gasteiger partial charge on any atom is -0.324 e. The molecule has 10 heteroatoms. The lowest BCUT2D eigenvalue weighted by Gasteiger charge is -2.16. The Hall–Kier alpha value is -4.60. The number of tetrazole rings is 1. The predicted molar refractivity (Wildman–Crippen MR) is 148 cm³/mol. The molecule has 0 atom stereocenters. The third-order valence-corrected chi connectivity index (χ3v) is 6.85. The lowest BCUT2D eigenvalue weighted by molar-refractivity contribution is -0.116. The molecule has 2 N–H and O–H groups in total. The first kappa shape index (κ1) is 26.0. The van der Waals surface area contributed by atoms with Crippen LogP contribution < -0.4 is 5.32 Å². The number of H-pyrrole nitrogens is 1. The number of aromatic nitrogens is 6. The predicted octanol–water partition coefficient (Wildman–Crippen LogP) is 4.81. The third kappa shape index (κ3) is 5.64. The van der Waals surface area contributed by atoms with Crippen molar-refractivity contribution in [2.24, 2.45) is 0 Å². The number of imidazole rings is 1. The van der Waals surface area contributed by atoms with Crippen LogP contribution in [-0.4, -0.2) is 53.6 Å². The molecular weight excluding hydrogens is 492 g/mol. The van der Waals surface area contributed by atoms with Crippen molar-refractivity contribution in [3.8, 4) is 22.5 Å². The van der Waals surface area contributed by atoms with Crippen LogP contribution in [0.4, 0.5) is 4.79 Å². The lowest BCUT2D eigenvalue weighted by atomic mass is 9.98. The summed E-state index contributed by atoms with van der Waals surface area (Å²) in [4.78, 5) is 31.2. The molecule has 0 spiro atoms. The Balaban J connectivity index is 1.45. The number of imide groups is 1. The number of carbonyl (C=O) groups is 2. The van der Waals surface area contributed by atoms with E-state index >= 15 is 0 Å². The fourth-order valence-electron chi connectivity index (χ4n) is 4.72. The average Bonchev–Trinajstić information content (AvgIpc) is 3.68.